The summed E-state index contributed by atoms with van der Waals surface area (Å²) in [5, 5.41) is 13.0. The smallest absolute Gasteiger partial charge is 0.139 e. The molecule has 1 rings (SSSR count). The molecule has 0 aliphatic rings. The van der Waals surface area contributed by atoms with E-state index in [1.165, 1.54) is 4.68 Å². The normalized spacial score (nSPS) is 11.4. The fourth-order valence-corrected chi connectivity index (χ4v) is 1.27. The third-order valence-electron chi connectivity index (χ3n) is 1.90. The summed E-state index contributed by atoms with van der Waals surface area (Å²) in [6, 6.07) is 2.04. The molecule has 76 valence electrons. The van der Waals surface area contributed by atoms with Crippen LogP contribution < -0.4 is 11.5 Å². The van der Waals surface area contributed by atoms with E-state index in [2.05, 4.69) is 5.10 Å². The Bertz CT molecular complexity index is 377. The van der Waals surface area contributed by atoms with Gasteiger partial charge < -0.3 is 11.5 Å². The monoisotopic (exact) mass is 193 g/mol. The summed E-state index contributed by atoms with van der Waals surface area (Å²) in [7, 11) is 1.71. The number of hydrogen-bond donors (Lipinski definition) is 2. The lowest BCUT2D eigenvalue weighted by Crippen LogP contribution is -2.34. The van der Waals surface area contributed by atoms with E-state index >= 15 is 0 Å². The Morgan fingerprint density at radius 2 is 2.14 bits per heavy atom. The fourth-order valence-electron chi connectivity index (χ4n) is 1.27. The molecule has 0 saturated carbocycles. The van der Waals surface area contributed by atoms with Crippen LogP contribution in [0.5, 0.6) is 0 Å². The van der Waals surface area contributed by atoms with Gasteiger partial charge in [0.25, 0.3) is 0 Å². The molecular formula is C9H15N5. The van der Waals surface area contributed by atoms with Crippen LogP contribution >= 0.6 is 0 Å². The van der Waals surface area contributed by atoms with Crippen LogP contribution in [-0.4, -0.2) is 15.3 Å². The van der Waals surface area contributed by atoms with E-state index in [0.717, 1.165) is 0 Å². The first-order valence-corrected chi connectivity index (χ1v) is 4.35. The van der Waals surface area contributed by atoms with Gasteiger partial charge in [-0.25, -0.2) is 0 Å². The van der Waals surface area contributed by atoms with E-state index in [4.69, 9.17) is 16.7 Å². The van der Waals surface area contributed by atoms with Gasteiger partial charge in [-0.2, -0.15) is 10.4 Å². The van der Waals surface area contributed by atoms with E-state index < -0.39 is 0 Å². The minimum atomic E-state index is -0.383. The maximum atomic E-state index is 8.89. The van der Waals surface area contributed by atoms with Crippen molar-refractivity contribution in [3.05, 3.63) is 11.3 Å². The minimum absolute atomic E-state index is 0.383. The van der Waals surface area contributed by atoms with Gasteiger partial charge in [0.1, 0.15) is 17.5 Å². The number of aryl methyl sites for hydroxylation is 1. The zero-order chi connectivity index (χ0) is 10.9. The van der Waals surface area contributed by atoms with Crippen molar-refractivity contribution in [3.63, 3.8) is 0 Å². The van der Waals surface area contributed by atoms with Crippen molar-refractivity contribution < 1.29 is 0 Å². The maximum Gasteiger partial charge on any atom is 0.139 e. The molecular weight excluding hydrogens is 178 g/mol. The summed E-state index contributed by atoms with van der Waals surface area (Å²) in [6.07, 6.45) is 0.543. The van der Waals surface area contributed by atoms with Crippen molar-refractivity contribution in [1.82, 2.24) is 9.78 Å². The predicted octanol–water partition coefficient (Wildman–Crippen LogP) is 0.154. The van der Waals surface area contributed by atoms with Crippen LogP contribution in [0.4, 0.5) is 5.82 Å². The van der Waals surface area contributed by atoms with Crippen LogP contribution in [0, 0.1) is 11.3 Å². The molecule has 0 spiro atoms. The number of nitrogen functional groups attached to an aromatic ring is 1. The highest BCUT2D eigenvalue weighted by Gasteiger charge is 2.19. The molecule has 0 aliphatic carbocycles. The first-order valence-electron chi connectivity index (χ1n) is 4.35. The molecule has 1 aromatic heterocycles. The Balaban J connectivity index is 3.11. The van der Waals surface area contributed by atoms with Crippen molar-refractivity contribution in [2.75, 3.05) is 5.73 Å². The molecule has 0 amide bonds. The number of anilines is 1. The second-order valence-corrected chi connectivity index (χ2v) is 4.11. The van der Waals surface area contributed by atoms with Crippen LogP contribution in [0.3, 0.4) is 0 Å². The summed E-state index contributed by atoms with van der Waals surface area (Å²) in [4.78, 5) is 0. The first-order chi connectivity index (χ1) is 6.35. The van der Waals surface area contributed by atoms with Crippen LogP contribution in [0.25, 0.3) is 0 Å². The Labute approximate surface area is 83.3 Å². The van der Waals surface area contributed by atoms with Gasteiger partial charge in [-0.05, 0) is 13.8 Å². The molecule has 0 aromatic carbocycles. The summed E-state index contributed by atoms with van der Waals surface area (Å²) in [5.41, 5.74) is 12.2. The third kappa shape index (κ3) is 2.03. The second-order valence-electron chi connectivity index (χ2n) is 4.11. The Kier molecular flexibility index (Phi) is 2.49. The first kappa shape index (κ1) is 10.5. The number of nitriles is 1. The number of nitrogens with two attached hydrogens (primary N) is 2. The SMILES string of the molecule is Cn1nc(CC(C)(C)N)c(C#N)c1N. The lowest BCUT2D eigenvalue weighted by molar-refractivity contribution is 0.506. The summed E-state index contributed by atoms with van der Waals surface area (Å²) >= 11 is 0. The number of hydrogen-bond acceptors (Lipinski definition) is 4. The average Bonchev–Trinajstić information content (AvgIpc) is 2.24. The quantitative estimate of drug-likeness (QED) is 0.699. The molecule has 0 saturated heterocycles. The van der Waals surface area contributed by atoms with E-state index in [9.17, 15) is 0 Å². The highest BCUT2D eigenvalue weighted by molar-refractivity contribution is 5.52. The molecule has 1 aromatic rings. The van der Waals surface area contributed by atoms with E-state index in [1.54, 1.807) is 7.05 Å². The average molecular weight is 193 g/mol. The molecule has 0 fully saturated rings. The van der Waals surface area contributed by atoms with Crippen molar-refractivity contribution in [3.8, 4) is 6.07 Å². The minimum Gasteiger partial charge on any atom is -0.383 e. The van der Waals surface area contributed by atoms with E-state index in [0.29, 0.717) is 23.5 Å². The predicted molar refractivity (Wildman–Crippen MR) is 54.3 cm³/mol. The maximum absolute atomic E-state index is 8.89. The van der Waals surface area contributed by atoms with Crippen LogP contribution in [-0.2, 0) is 13.5 Å². The van der Waals surface area contributed by atoms with Crippen LogP contribution in [0.15, 0.2) is 0 Å². The standard InChI is InChI=1S/C9H15N5/c1-9(2,12)4-7-6(5-10)8(11)14(3)13-7/h4,11-12H2,1-3H3. The Hall–Kier alpha value is -1.54. The third-order valence-corrected chi connectivity index (χ3v) is 1.90. The van der Waals surface area contributed by atoms with Crippen molar-refractivity contribution in [2.24, 2.45) is 12.8 Å². The molecule has 1 heterocycles. The number of nitrogens with zero attached hydrogens (tertiary/aromatic N) is 3. The van der Waals surface area contributed by atoms with Crippen molar-refractivity contribution in [1.29, 1.82) is 5.26 Å². The van der Waals surface area contributed by atoms with Gasteiger partial charge in [0.15, 0.2) is 0 Å². The molecule has 5 nitrogen and oxygen atoms in total. The molecule has 0 unspecified atom stereocenters. The second kappa shape index (κ2) is 3.31. The summed E-state index contributed by atoms with van der Waals surface area (Å²) < 4.78 is 1.50. The summed E-state index contributed by atoms with van der Waals surface area (Å²) in [5.74, 6) is 0.395. The van der Waals surface area contributed by atoms with Gasteiger partial charge in [0.05, 0.1) is 5.69 Å². The van der Waals surface area contributed by atoms with Gasteiger partial charge >= 0.3 is 0 Å². The lowest BCUT2D eigenvalue weighted by atomic mass is 9.98. The van der Waals surface area contributed by atoms with Crippen molar-refractivity contribution in [2.45, 2.75) is 25.8 Å². The molecule has 4 N–H and O–H groups in total. The highest BCUT2D eigenvalue weighted by Crippen LogP contribution is 2.18. The highest BCUT2D eigenvalue weighted by atomic mass is 15.3. The molecule has 0 atom stereocenters. The Morgan fingerprint density at radius 1 is 1.57 bits per heavy atom. The van der Waals surface area contributed by atoms with Crippen molar-refractivity contribution >= 4 is 5.82 Å². The molecule has 14 heavy (non-hydrogen) atoms. The fraction of sp³-hybridized carbons (Fsp3) is 0.556. The summed E-state index contributed by atoms with van der Waals surface area (Å²) in [6.45, 7) is 3.78. The molecule has 0 radical (unpaired) electrons. The molecule has 0 bridgehead atoms. The molecule has 5 heteroatoms. The number of rotatable bonds is 2. The van der Waals surface area contributed by atoms with Gasteiger partial charge in [-0.1, -0.05) is 0 Å². The lowest BCUT2D eigenvalue weighted by Gasteiger charge is -2.16. The van der Waals surface area contributed by atoms with Crippen LogP contribution in [0.1, 0.15) is 25.1 Å². The zero-order valence-corrected chi connectivity index (χ0v) is 8.70. The van der Waals surface area contributed by atoms with Gasteiger partial charge in [0.2, 0.25) is 0 Å². The van der Waals surface area contributed by atoms with Gasteiger partial charge in [-0.15, -0.1) is 0 Å². The Morgan fingerprint density at radius 3 is 2.57 bits per heavy atom. The molecule has 0 aliphatic heterocycles. The van der Waals surface area contributed by atoms with E-state index in [-0.39, 0.29) is 5.54 Å². The largest absolute Gasteiger partial charge is 0.383 e. The zero-order valence-electron chi connectivity index (χ0n) is 8.70. The van der Waals surface area contributed by atoms with Gasteiger partial charge in [0, 0.05) is 19.0 Å². The topological polar surface area (TPSA) is 93.6 Å². The van der Waals surface area contributed by atoms with Crippen LogP contribution in [0.2, 0.25) is 0 Å². The van der Waals surface area contributed by atoms with Gasteiger partial charge in [-0.3, -0.25) is 4.68 Å². The van der Waals surface area contributed by atoms with E-state index in [1.807, 2.05) is 19.9 Å². The number of aromatic nitrogens is 2.